The number of aliphatic imine (C=N–C) groups is 2. The molecule has 0 saturated heterocycles. The van der Waals surface area contributed by atoms with Gasteiger partial charge in [-0.25, -0.2) is 0 Å². The first kappa shape index (κ1) is 39.0. The number of nitrogens with zero attached hydrogens (tertiary/aromatic N) is 2. The first-order chi connectivity index (χ1) is 24.6. The number of aryl methyl sites for hydroxylation is 2. The first-order valence-electron chi connectivity index (χ1n) is 19.6. The average molecular weight is 699 g/mol. The number of hydrogen-bond acceptors (Lipinski definition) is 4. The Hall–Kier alpha value is -4.18. The van der Waals surface area contributed by atoms with Crippen molar-refractivity contribution in [1.82, 2.24) is 0 Å². The highest BCUT2D eigenvalue weighted by molar-refractivity contribution is 5.86. The number of rotatable bonds is 10. The minimum atomic E-state index is 0.0119. The molecule has 276 valence electrons. The maximum atomic E-state index is 11.7. The summed E-state index contributed by atoms with van der Waals surface area (Å²) in [6.45, 7) is 22.0. The fourth-order valence-corrected chi connectivity index (χ4v) is 7.97. The molecule has 0 aliphatic heterocycles. The van der Waals surface area contributed by atoms with Crippen LogP contribution in [-0.4, -0.2) is 34.7 Å². The third kappa shape index (κ3) is 8.71. The Labute approximate surface area is 314 Å². The molecule has 1 aliphatic carbocycles. The Morgan fingerprint density at radius 3 is 1.23 bits per heavy atom. The average Bonchev–Trinajstić information content (AvgIpc) is 3.11. The van der Waals surface area contributed by atoms with Gasteiger partial charge < -0.3 is 10.2 Å². The van der Waals surface area contributed by atoms with Crippen molar-refractivity contribution in [2.45, 2.75) is 143 Å². The highest BCUT2D eigenvalue weighted by Crippen LogP contribution is 2.40. The van der Waals surface area contributed by atoms with E-state index in [9.17, 15) is 10.2 Å². The third-order valence-electron chi connectivity index (χ3n) is 11.3. The lowest BCUT2D eigenvalue weighted by molar-refractivity contribution is 0.390. The van der Waals surface area contributed by atoms with Crippen molar-refractivity contribution in [3.63, 3.8) is 0 Å². The topological polar surface area (TPSA) is 65.2 Å². The molecular weight excluding hydrogens is 637 g/mol. The summed E-state index contributed by atoms with van der Waals surface area (Å²) in [6, 6.07) is 26.0. The Morgan fingerprint density at radius 2 is 0.923 bits per heavy atom. The maximum absolute atomic E-state index is 11.7. The van der Waals surface area contributed by atoms with Crippen molar-refractivity contribution in [3.8, 4) is 11.5 Å². The van der Waals surface area contributed by atoms with Crippen LogP contribution in [0.5, 0.6) is 11.5 Å². The second-order valence-corrected chi connectivity index (χ2v) is 17.1. The van der Waals surface area contributed by atoms with Crippen molar-refractivity contribution < 1.29 is 10.2 Å². The van der Waals surface area contributed by atoms with E-state index in [1.807, 2.05) is 24.6 Å². The van der Waals surface area contributed by atoms with Gasteiger partial charge in [0, 0.05) is 46.5 Å². The SMILES string of the molecule is CC[C@H](c1ccc(C(C)(C)C)cc1)c1c(C)ccc(C=N[C@H]2CCCC[C@@H]2N=Cc2ccc(C)c([C@@H](CC)c3ccc(C(C)(C)C)cc3)c2O)c1O. The monoisotopic (exact) mass is 698 g/mol. The van der Waals surface area contributed by atoms with E-state index in [1.54, 1.807) is 0 Å². The molecule has 4 heteroatoms. The Bertz CT molecular complexity index is 1730. The molecule has 4 aromatic rings. The van der Waals surface area contributed by atoms with Crippen LogP contribution in [0.4, 0.5) is 0 Å². The molecule has 1 aliphatic rings. The van der Waals surface area contributed by atoms with Crippen LogP contribution in [0, 0.1) is 13.8 Å². The standard InChI is InChI=1S/C48H62N2O2/c1-11-39(33-21-25-37(26-22-33)47(5,6)7)43-31(3)17-19-35(45(43)51)29-49-41-15-13-14-16-42(41)50-30-36-20-18-32(4)44(46(36)52)40(12-2)34-23-27-38(28-24-34)48(8,9)10/h17-30,39-42,51-52H,11-16H2,1-10H3/t39-,40+,41-,42-/m0/s1. The van der Waals surface area contributed by atoms with Gasteiger partial charge in [-0.1, -0.05) is 129 Å². The molecule has 0 heterocycles. The number of hydrogen-bond donors (Lipinski definition) is 2. The van der Waals surface area contributed by atoms with Crippen LogP contribution in [0.1, 0.15) is 161 Å². The van der Waals surface area contributed by atoms with Gasteiger partial charge in [-0.05, 0) is 95.9 Å². The zero-order valence-electron chi connectivity index (χ0n) is 33.4. The minimum absolute atomic E-state index is 0.0119. The summed E-state index contributed by atoms with van der Waals surface area (Å²) >= 11 is 0. The number of phenols is 2. The van der Waals surface area contributed by atoms with E-state index in [4.69, 9.17) is 9.98 Å². The van der Waals surface area contributed by atoms with E-state index < -0.39 is 0 Å². The van der Waals surface area contributed by atoms with E-state index in [1.165, 1.54) is 22.3 Å². The van der Waals surface area contributed by atoms with Crippen molar-refractivity contribution in [2.24, 2.45) is 9.98 Å². The van der Waals surface area contributed by atoms with Crippen LogP contribution in [0.3, 0.4) is 0 Å². The summed E-state index contributed by atoms with van der Waals surface area (Å²) < 4.78 is 0. The van der Waals surface area contributed by atoms with Crippen LogP contribution in [0.25, 0.3) is 0 Å². The van der Waals surface area contributed by atoms with E-state index >= 15 is 0 Å². The highest BCUT2D eigenvalue weighted by atomic mass is 16.3. The molecule has 2 N–H and O–H groups in total. The molecular formula is C48H62N2O2. The summed E-state index contributed by atoms with van der Waals surface area (Å²) in [4.78, 5) is 10.1. The second kappa shape index (κ2) is 16.2. The Kier molecular flexibility index (Phi) is 12.2. The van der Waals surface area contributed by atoms with Gasteiger partial charge >= 0.3 is 0 Å². The van der Waals surface area contributed by atoms with Gasteiger partial charge in [0.1, 0.15) is 11.5 Å². The van der Waals surface area contributed by atoms with E-state index in [2.05, 4.69) is 130 Å². The van der Waals surface area contributed by atoms with E-state index in [0.29, 0.717) is 11.5 Å². The molecule has 0 spiro atoms. The summed E-state index contributed by atoms with van der Waals surface area (Å²) in [5.74, 6) is 0.831. The van der Waals surface area contributed by atoms with Gasteiger partial charge in [-0.2, -0.15) is 0 Å². The van der Waals surface area contributed by atoms with Crippen LogP contribution in [0.2, 0.25) is 0 Å². The number of phenolic OH excluding ortho intramolecular Hbond substituents is 2. The Morgan fingerprint density at radius 1 is 0.577 bits per heavy atom. The minimum Gasteiger partial charge on any atom is -0.507 e. The largest absolute Gasteiger partial charge is 0.507 e. The van der Waals surface area contributed by atoms with Gasteiger partial charge in [0.05, 0.1) is 12.1 Å². The van der Waals surface area contributed by atoms with Crippen LogP contribution >= 0.6 is 0 Å². The molecule has 1 fully saturated rings. The molecule has 0 aromatic heterocycles. The molecule has 0 amide bonds. The third-order valence-corrected chi connectivity index (χ3v) is 11.3. The predicted molar refractivity (Wildman–Crippen MR) is 221 cm³/mol. The normalized spacial score (nSPS) is 18.3. The van der Waals surface area contributed by atoms with Gasteiger partial charge in [0.2, 0.25) is 0 Å². The van der Waals surface area contributed by atoms with Crippen molar-refractivity contribution in [3.05, 3.63) is 128 Å². The highest BCUT2D eigenvalue weighted by Gasteiger charge is 2.26. The van der Waals surface area contributed by atoms with Crippen molar-refractivity contribution >= 4 is 12.4 Å². The van der Waals surface area contributed by atoms with E-state index in [0.717, 1.165) is 71.9 Å². The number of aromatic hydroxyl groups is 2. The molecule has 4 aromatic carbocycles. The van der Waals surface area contributed by atoms with Crippen molar-refractivity contribution in [2.75, 3.05) is 0 Å². The summed E-state index contributed by atoms with van der Waals surface area (Å²) in [6.07, 6.45) is 9.61. The number of benzene rings is 4. The molecule has 52 heavy (non-hydrogen) atoms. The van der Waals surface area contributed by atoms with Gasteiger partial charge in [-0.15, -0.1) is 0 Å². The van der Waals surface area contributed by atoms with E-state index in [-0.39, 0.29) is 34.7 Å². The maximum Gasteiger partial charge on any atom is 0.128 e. The fraction of sp³-hybridized carbons (Fsp3) is 0.458. The van der Waals surface area contributed by atoms with Crippen LogP contribution in [0.15, 0.2) is 82.8 Å². The molecule has 0 radical (unpaired) electrons. The zero-order chi connectivity index (χ0) is 37.8. The van der Waals surface area contributed by atoms with Gasteiger partial charge in [-0.3, -0.25) is 9.98 Å². The van der Waals surface area contributed by atoms with Crippen LogP contribution < -0.4 is 0 Å². The fourth-order valence-electron chi connectivity index (χ4n) is 7.97. The summed E-state index contributed by atoms with van der Waals surface area (Å²) in [5.41, 5.74) is 10.9. The summed E-state index contributed by atoms with van der Waals surface area (Å²) in [5, 5.41) is 23.4. The molecule has 4 atom stereocenters. The lowest BCUT2D eigenvalue weighted by Gasteiger charge is -2.26. The predicted octanol–water partition coefficient (Wildman–Crippen LogP) is 12.2. The van der Waals surface area contributed by atoms with Gasteiger partial charge in [0.25, 0.3) is 0 Å². The van der Waals surface area contributed by atoms with Crippen LogP contribution in [-0.2, 0) is 10.8 Å². The molecule has 5 rings (SSSR count). The molecule has 0 unspecified atom stereocenters. The second-order valence-electron chi connectivity index (χ2n) is 17.1. The zero-order valence-corrected chi connectivity index (χ0v) is 33.4. The molecule has 1 saturated carbocycles. The van der Waals surface area contributed by atoms with Crippen molar-refractivity contribution in [1.29, 1.82) is 0 Å². The molecule has 4 nitrogen and oxygen atoms in total. The lowest BCUT2D eigenvalue weighted by atomic mass is 9.82. The lowest BCUT2D eigenvalue weighted by Crippen LogP contribution is -2.27. The first-order valence-corrected chi connectivity index (χ1v) is 19.6. The molecule has 0 bridgehead atoms. The summed E-state index contributed by atoms with van der Waals surface area (Å²) in [7, 11) is 0. The van der Waals surface area contributed by atoms with Gasteiger partial charge in [0.15, 0.2) is 0 Å². The quantitative estimate of drug-likeness (QED) is 0.162. The smallest absolute Gasteiger partial charge is 0.128 e. The Balaban J connectivity index is 1.39.